The number of hydrogen-bond donors (Lipinski definition) is 1. The van der Waals surface area contributed by atoms with E-state index in [1.807, 2.05) is 0 Å². The number of benzene rings is 1. The number of anilines is 1. The van der Waals surface area contributed by atoms with Crippen LogP contribution in [0.5, 0.6) is 5.75 Å². The molecule has 1 aromatic rings. The van der Waals surface area contributed by atoms with Gasteiger partial charge in [-0.1, -0.05) is 11.6 Å². The van der Waals surface area contributed by atoms with Crippen LogP contribution in [0.15, 0.2) is 12.1 Å². The molecule has 0 aromatic heterocycles. The maximum Gasteiger partial charge on any atom is 0.347 e. The quantitative estimate of drug-likeness (QED) is 0.686. The highest BCUT2D eigenvalue weighted by atomic mass is 35.5. The molecule has 1 aromatic carbocycles. The van der Waals surface area contributed by atoms with Crippen LogP contribution in [-0.2, 0) is 9.53 Å². The second-order valence-corrected chi connectivity index (χ2v) is 5.50. The van der Waals surface area contributed by atoms with Crippen LogP contribution in [0.4, 0.5) is 10.1 Å². The molecule has 0 aliphatic rings. The first-order valence-electron chi connectivity index (χ1n) is 5.74. The smallest absolute Gasteiger partial charge is 0.347 e. The van der Waals surface area contributed by atoms with Gasteiger partial charge in [0, 0.05) is 6.07 Å². The Labute approximate surface area is 116 Å². The maximum absolute atomic E-state index is 13.1. The first-order valence-corrected chi connectivity index (χ1v) is 6.12. The molecule has 1 atom stereocenters. The van der Waals surface area contributed by atoms with Gasteiger partial charge in [-0.05, 0) is 33.8 Å². The van der Waals surface area contributed by atoms with E-state index in [-0.39, 0.29) is 16.5 Å². The van der Waals surface area contributed by atoms with Gasteiger partial charge in [0.2, 0.25) is 0 Å². The lowest BCUT2D eigenvalue weighted by molar-refractivity contribution is -0.162. The summed E-state index contributed by atoms with van der Waals surface area (Å²) in [7, 11) is 0. The molecule has 6 heteroatoms. The highest BCUT2D eigenvalue weighted by molar-refractivity contribution is 6.32. The van der Waals surface area contributed by atoms with Crippen molar-refractivity contribution in [3.63, 3.8) is 0 Å². The topological polar surface area (TPSA) is 61.5 Å². The molecule has 0 saturated heterocycles. The first kappa shape index (κ1) is 15.6. The molecule has 0 radical (unpaired) electrons. The molecular formula is C13H17ClFNO3. The summed E-state index contributed by atoms with van der Waals surface area (Å²) in [6.45, 7) is 6.77. The van der Waals surface area contributed by atoms with Crippen molar-refractivity contribution >= 4 is 23.3 Å². The molecular weight excluding hydrogens is 273 g/mol. The van der Waals surface area contributed by atoms with Crippen LogP contribution in [0.3, 0.4) is 0 Å². The SMILES string of the molecule is CC(Oc1cc(N)c(F)cc1Cl)C(=O)OC(C)(C)C. The third-order valence-corrected chi connectivity index (χ3v) is 2.39. The summed E-state index contributed by atoms with van der Waals surface area (Å²) >= 11 is 5.81. The predicted octanol–water partition coefficient (Wildman–Crippen LogP) is 3.17. The van der Waals surface area contributed by atoms with Crippen LogP contribution < -0.4 is 10.5 Å². The zero-order chi connectivity index (χ0) is 14.8. The molecule has 0 fully saturated rings. The summed E-state index contributed by atoms with van der Waals surface area (Å²) in [5.74, 6) is -1.03. The number of carbonyl (C=O) groups is 1. The van der Waals surface area contributed by atoms with E-state index in [1.165, 1.54) is 13.0 Å². The molecule has 0 amide bonds. The Morgan fingerprint density at radius 3 is 2.53 bits per heavy atom. The Morgan fingerprint density at radius 2 is 2.00 bits per heavy atom. The van der Waals surface area contributed by atoms with Crippen LogP contribution in [0.1, 0.15) is 27.7 Å². The summed E-state index contributed by atoms with van der Waals surface area (Å²) in [5.41, 5.74) is 4.70. The van der Waals surface area contributed by atoms with Gasteiger partial charge in [-0.15, -0.1) is 0 Å². The minimum atomic E-state index is -0.874. The molecule has 19 heavy (non-hydrogen) atoms. The fourth-order valence-electron chi connectivity index (χ4n) is 1.26. The van der Waals surface area contributed by atoms with E-state index in [0.717, 1.165) is 6.07 Å². The van der Waals surface area contributed by atoms with Crippen LogP contribution in [0.25, 0.3) is 0 Å². The summed E-state index contributed by atoms with van der Waals surface area (Å²) in [6.07, 6.45) is -0.874. The average molecular weight is 290 g/mol. The van der Waals surface area contributed by atoms with Crippen LogP contribution in [0.2, 0.25) is 5.02 Å². The van der Waals surface area contributed by atoms with Crippen molar-refractivity contribution in [3.05, 3.63) is 23.0 Å². The Morgan fingerprint density at radius 1 is 1.42 bits per heavy atom. The first-order chi connectivity index (χ1) is 8.60. The minimum absolute atomic E-state index is 0.0436. The third-order valence-electron chi connectivity index (χ3n) is 2.09. The number of esters is 1. The molecule has 1 rings (SSSR count). The Balaban J connectivity index is 2.80. The number of hydrogen-bond acceptors (Lipinski definition) is 4. The van der Waals surface area contributed by atoms with Crippen molar-refractivity contribution in [3.8, 4) is 5.75 Å². The van der Waals surface area contributed by atoms with Gasteiger partial charge in [-0.3, -0.25) is 0 Å². The van der Waals surface area contributed by atoms with Gasteiger partial charge >= 0.3 is 5.97 Å². The van der Waals surface area contributed by atoms with Crippen LogP contribution >= 0.6 is 11.6 Å². The fraction of sp³-hybridized carbons (Fsp3) is 0.462. The van der Waals surface area contributed by atoms with Gasteiger partial charge < -0.3 is 15.2 Å². The number of rotatable bonds is 3. The van der Waals surface area contributed by atoms with E-state index < -0.39 is 23.5 Å². The zero-order valence-corrected chi connectivity index (χ0v) is 12.0. The van der Waals surface area contributed by atoms with Gasteiger partial charge in [0.25, 0.3) is 0 Å². The van der Waals surface area contributed by atoms with E-state index >= 15 is 0 Å². The largest absolute Gasteiger partial charge is 0.477 e. The molecule has 0 aliphatic heterocycles. The standard InChI is InChI=1S/C13H17ClFNO3/c1-7(12(17)19-13(2,3)4)18-11-6-10(16)9(15)5-8(11)14/h5-7H,16H2,1-4H3. The van der Waals surface area contributed by atoms with Gasteiger partial charge in [-0.2, -0.15) is 0 Å². The summed E-state index contributed by atoms with van der Waals surface area (Å²) in [5, 5.41) is 0.0436. The van der Waals surface area contributed by atoms with Gasteiger partial charge in [0.05, 0.1) is 10.7 Å². The summed E-state index contributed by atoms with van der Waals surface area (Å²) in [4.78, 5) is 11.7. The molecule has 0 bridgehead atoms. The number of ether oxygens (including phenoxy) is 2. The van der Waals surface area contributed by atoms with Gasteiger partial charge in [0.15, 0.2) is 6.10 Å². The Hall–Kier alpha value is -1.49. The fourth-order valence-corrected chi connectivity index (χ4v) is 1.45. The van der Waals surface area contributed by atoms with Crippen LogP contribution in [0, 0.1) is 5.82 Å². The van der Waals surface area contributed by atoms with Crippen molar-refractivity contribution in [2.24, 2.45) is 0 Å². The van der Waals surface area contributed by atoms with Crippen molar-refractivity contribution in [2.45, 2.75) is 39.4 Å². The third kappa shape index (κ3) is 4.59. The highest BCUT2D eigenvalue weighted by Gasteiger charge is 2.24. The van der Waals surface area contributed by atoms with Gasteiger partial charge in [-0.25, -0.2) is 9.18 Å². The second kappa shape index (κ2) is 5.65. The number of nitrogens with two attached hydrogens (primary N) is 1. The lowest BCUT2D eigenvalue weighted by Gasteiger charge is -2.23. The number of nitrogen functional groups attached to an aromatic ring is 1. The molecule has 2 N–H and O–H groups in total. The van der Waals surface area contributed by atoms with E-state index in [4.69, 9.17) is 26.8 Å². The van der Waals surface area contributed by atoms with Crippen molar-refractivity contribution in [1.29, 1.82) is 0 Å². The van der Waals surface area contributed by atoms with Gasteiger partial charge in [0.1, 0.15) is 17.2 Å². The molecule has 106 valence electrons. The molecule has 1 unspecified atom stereocenters. The Bertz CT molecular complexity index is 486. The van der Waals surface area contributed by atoms with E-state index in [2.05, 4.69) is 0 Å². The average Bonchev–Trinajstić information content (AvgIpc) is 2.23. The minimum Gasteiger partial charge on any atom is -0.477 e. The molecule has 0 heterocycles. The summed E-state index contributed by atoms with van der Waals surface area (Å²) in [6, 6.07) is 2.27. The van der Waals surface area contributed by atoms with Crippen molar-refractivity contribution < 1.29 is 18.7 Å². The molecule has 0 saturated carbocycles. The van der Waals surface area contributed by atoms with E-state index in [1.54, 1.807) is 20.8 Å². The second-order valence-electron chi connectivity index (χ2n) is 5.10. The number of halogens is 2. The van der Waals surface area contributed by atoms with Crippen molar-refractivity contribution in [1.82, 2.24) is 0 Å². The normalized spacial score (nSPS) is 12.9. The molecule has 0 spiro atoms. The Kier molecular flexibility index (Phi) is 4.63. The highest BCUT2D eigenvalue weighted by Crippen LogP contribution is 2.30. The molecule has 0 aliphatic carbocycles. The lowest BCUT2D eigenvalue weighted by Crippen LogP contribution is -2.33. The van der Waals surface area contributed by atoms with E-state index in [0.29, 0.717) is 0 Å². The van der Waals surface area contributed by atoms with Crippen molar-refractivity contribution in [2.75, 3.05) is 5.73 Å². The predicted molar refractivity (Wildman–Crippen MR) is 71.8 cm³/mol. The monoisotopic (exact) mass is 289 g/mol. The summed E-state index contributed by atoms with van der Waals surface area (Å²) < 4.78 is 23.6. The maximum atomic E-state index is 13.1. The zero-order valence-electron chi connectivity index (χ0n) is 11.3. The lowest BCUT2D eigenvalue weighted by atomic mass is 10.2. The molecule has 4 nitrogen and oxygen atoms in total. The van der Waals surface area contributed by atoms with E-state index in [9.17, 15) is 9.18 Å². The van der Waals surface area contributed by atoms with Crippen LogP contribution in [-0.4, -0.2) is 17.7 Å². The number of carbonyl (C=O) groups excluding carboxylic acids is 1.